The molecular formula is C15H16ClNO2. The predicted octanol–water partition coefficient (Wildman–Crippen LogP) is 2.95. The van der Waals surface area contributed by atoms with E-state index < -0.39 is 12.0 Å². The number of esters is 1. The number of nitrogens with two attached hydrogens (primary N) is 1. The van der Waals surface area contributed by atoms with Gasteiger partial charge in [0.15, 0.2) is 0 Å². The Kier molecular flexibility index (Phi) is 5.55. The number of hydrogen-bond donors (Lipinski definition) is 1. The Morgan fingerprint density at radius 3 is 2.05 bits per heavy atom. The molecule has 100 valence electrons. The van der Waals surface area contributed by atoms with Crippen molar-refractivity contribution in [2.75, 3.05) is 7.11 Å². The van der Waals surface area contributed by atoms with Crippen molar-refractivity contribution in [2.45, 2.75) is 6.04 Å². The summed E-state index contributed by atoms with van der Waals surface area (Å²) in [5.41, 5.74) is 8.74. The van der Waals surface area contributed by atoms with Crippen LogP contribution in [0.5, 0.6) is 0 Å². The van der Waals surface area contributed by atoms with Crippen molar-refractivity contribution >= 4 is 18.4 Å². The number of ether oxygens (including phenoxy) is 1. The zero-order valence-electron chi connectivity index (χ0n) is 10.6. The Morgan fingerprint density at radius 2 is 1.53 bits per heavy atom. The van der Waals surface area contributed by atoms with Crippen molar-refractivity contribution in [3.8, 4) is 11.1 Å². The van der Waals surface area contributed by atoms with Crippen LogP contribution >= 0.6 is 12.4 Å². The molecule has 3 nitrogen and oxygen atoms in total. The lowest BCUT2D eigenvalue weighted by molar-refractivity contribution is -0.142. The Labute approximate surface area is 118 Å². The molecule has 0 aliphatic carbocycles. The maximum absolute atomic E-state index is 11.3. The topological polar surface area (TPSA) is 52.3 Å². The molecular weight excluding hydrogens is 262 g/mol. The molecule has 0 fully saturated rings. The largest absolute Gasteiger partial charge is 0.468 e. The Bertz CT molecular complexity index is 526. The molecule has 2 N–H and O–H groups in total. The van der Waals surface area contributed by atoms with Crippen LogP contribution in [0.3, 0.4) is 0 Å². The molecule has 0 aromatic heterocycles. The van der Waals surface area contributed by atoms with E-state index in [1.165, 1.54) is 7.11 Å². The van der Waals surface area contributed by atoms with Gasteiger partial charge in [-0.25, -0.2) is 0 Å². The zero-order chi connectivity index (χ0) is 13.0. The van der Waals surface area contributed by atoms with E-state index in [0.29, 0.717) is 0 Å². The fraction of sp³-hybridized carbons (Fsp3) is 0.133. The van der Waals surface area contributed by atoms with Crippen LogP contribution in [0, 0.1) is 0 Å². The monoisotopic (exact) mass is 277 g/mol. The molecule has 2 aromatic rings. The van der Waals surface area contributed by atoms with Crippen molar-refractivity contribution in [2.24, 2.45) is 5.73 Å². The first-order valence-corrected chi connectivity index (χ1v) is 5.71. The summed E-state index contributed by atoms with van der Waals surface area (Å²) in [7, 11) is 1.33. The SMILES string of the molecule is COC(=O)C(N)c1ccc(-c2ccccc2)cc1.Cl. The number of carbonyl (C=O) groups excluding carboxylic acids is 1. The number of hydrogen-bond acceptors (Lipinski definition) is 3. The summed E-state index contributed by atoms with van der Waals surface area (Å²) in [5.74, 6) is -0.428. The van der Waals surface area contributed by atoms with Crippen LogP contribution < -0.4 is 5.73 Å². The lowest BCUT2D eigenvalue weighted by Gasteiger charge is -2.10. The summed E-state index contributed by atoms with van der Waals surface area (Å²) in [4.78, 5) is 11.3. The molecule has 0 bridgehead atoms. The molecule has 0 spiro atoms. The minimum atomic E-state index is -0.722. The second-order valence-electron chi connectivity index (χ2n) is 3.99. The van der Waals surface area contributed by atoms with Gasteiger partial charge in [0, 0.05) is 0 Å². The average molecular weight is 278 g/mol. The summed E-state index contributed by atoms with van der Waals surface area (Å²) in [6, 6.07) is 16.9. The first-order valence-electron chi connectivity index (χ1n) is 5.71. The average Bonchev–Trinajstić information content (AvgIpc) is 2.47. The molecule has 2 rings (SSSR count). The number of carbonyl (C=O) groups is 1. The van der Waals surface area contributed by atoms with Crippen LogP contribution in [0.1, 0.15) is 11.6 Å². The third-order valence-corrected chi connectivity index (χ3v) is 2.83. The molecule has 0 heterocycles. The third-order valence-electron chi connectivity index (χ3n) is 2.83. The van der Waals surface area contributed by atoms with Crippen LogP contribution in [-0.2, 0) is 9.53 Å². The van der Waals surface area contributed by atoms with Crippen LogP contribution in [-0.4, -0.2) is 13.1 Å². The van der Waals surface area contributed by atoms with Gasteiger partial charge >= 0.3 is 5.97 Å². The molecule has 0 saturated carbocycles. The van der Waals surface area contributed by atoms with Crippen LogP contribution in [0.2, 0.25) is 0 Å². The predicted molar refractivity (Wildman–Crippen MR) is 78.1 cm³/mol. The Hall–Kier alpha value is -1.84. The van der Waals surface area contributed by atoms with E-state index in [0.717, 1.165) is 16.7 Å². The van der Waals surface area contributed by atoms with Gasteiger partial charge < -0.3 is 10.5 Å². The van der Waals surface area contributed by atoms with Crippen LogP contribution in [0.15, 0.2) is 54.6 Å². The summed E-state index contributed by atoms with van der Waals surface area (Å²) >= 11 is 0. The number of benzene rings is 2. The molecule has 0 aliphatic heterocycles. The second-order valence-corrected chi connectivity index (χ2v) is 3.99. The highest BCUT2D eigenvalue weighted by molar-refractivity contribution is 5.85. The molecule has 2 aromatic carbocycles. The molecule has 0 radical (unpaired) electrons. The fourth-order valence-corrected chi connectivity index (χ4v) is 1.78. The van der Waals surface area contributed by atoms with Gasteiger partial charge in [-0.15, -0.1) is 12.4 Å². The fourth-order valence-electron chi connectivity index (χ4n) is 1.78. The van der Waals surface area contributed by atoms with Crippen LogP contribution in [0.25, 0.3) is 11.1 Å². The number of methoxy groups -OCH3 is 1. The van der Waals surface area contributed by atoms with Crippen molar-refractivity contribution < 1.29 is 9.53 Å². The van der Waals surface area contributed by atoms with Gasteiger partial charge in [0.25, 0.3) is 0 Å². The quantitative estimate of drug-likeness (QED) is 0.878. The maximum Gasteiger partial charge on any atom is 0.327 e. The van der Waals surface area contributed by atoms with Gasteiger partial charge in [-0.05, 0) is 16.7 Å². The van der Waals surface area contributed by atoms with Crippen molar-refractivity contribution in [3.63, 3.8) is 0 Å². The maximum atomic E-state index is 11.3. The molecule has 1 atom stereocenters. The Balaban J connectivity index is 0.00000180. The van der Waals surface area contributed by atoms with E-state index in [9.17, 15) is 4.79 Å². The second kappa shape index (κ2) is 6.92. The molecule has 19 heavy (non-hydrogen) atoms. The molecule has 0 amide bonds. The first-order chi connectivity index (χ1) is 8.72. The van der Waals surface area contributed by atoms with Gasteiger partial charge in [-0.1, -0.05) is 54.6 Å². The van der Waals surface area contributed by atoms with Crippen molar-refractivity contribution in [1.29, 1.82) is 0 Å². The van der Waals surface area contributed by atoms with Crippen LogP contribution in [0.4, 0.5) is 0 Å². The molecule has 1 unspecified atom stereocenters. The van der Waals surface area contributed by atoms with Gasteiger partial charge in [0.2, 0.25) is 0 Å². The third kappa shape index (κ3) is 3.56. The highest BCUT2D eigenvalue weighted by Gasteiger charge is 2.15. The van der Waals surface area contributed by atoms with E-state index >= 15 is 0 Å². The van der Waals surface area contributed by atoms with Crippen molar-refractivity contribution in [3.05, 3.63) is 60.2 Å². The minimum Gasteiger partial charge on any atom is -0.468 e. The number of rotatable bonds is 3. The van der Waals surface area contributed by atoms with Gasteiger partial charge in [-0.2, -0.15) is 0 Å². The van der Waals surface area contributed by atoms with E-state index in [2.05, 4.69) is 4.74 Å². The van der Waals surface area contributed by atoms with Gasteiger partial charge in [0.1, 0.15) is 6.04 Å². The number of halogens is 1. The molecule has 4 heteroatoms. The smallest absolute Gasteiger partial charge is 0.327 e. The first kappa shape index (κ1) is 15.2. The van der Waals surface area contributed by atoms with Gasteiger partial charge in [0.05, 0.1) is 7.11 Å². The zero-order valence-corrected chi connectivity index (χ0v) is 11.4. The van der Waals surface area contributed by atoms with E-state index in [4.69, 9.17) is 5.73 Å². The Morgan fingerprint density at radius 1 is 1.00 bits per heavy atom. The minimum absolute atomic E-state index is 0. The highest BCUT2D eigenvalue weighted by atomic mass is 35.5. The lowest BCUT2D eigenvalue weighted by Crippen LogP contribution is -2.22. The lowest BCUT2D eigenvalue weighted by atomic mass is 10.0. The summed E-state index contributed by atoms with van der Waals surface area (Å²) in [6.45, 7) is 0. The summed E-state index contributed by atoms with van der Waals surface area (Å²) in [6.07, 6.45) is 0. The summed E-state index contributed by atoms with van der Waals surface area (Å²) in [5, 5.41) is 0. The summed E-state index contributed by atoms with van der Waals surface area (Å²) < 4.78 is 4.62. The van der Waals surface area contributed by atoms with Crippen molar-refractivity contribution in [1.82, 2.24) is 0 Å². The normalized spacial score (nSPS) is 11.3. The highest BCUT2D eigenvalue weighted by Crippen LogP contribution is 2.21. The molecule has 0 aliphatic rings. The van der Waals surface area contributed by atoms with E-state index in [1.54, 1.807) is 0 Å². The van der Waals surface area contributed by atoms with E-state index in [-0.39, 0.29) is 12.4 Å². The molecule has 0 saturated heterocycles. The van der Waals surface area contributed by atoms with E-state index in [1.807, 2.05) is 54.6 Å². The standard InChI is InChI=1S/C15H15NO2.ClH/c1-18-15(17)14(16)13-9-7-12(8-10-13)11-5-3-2-4-6-11;/h2-10,14H,16H2,1H3;1H. The van der Waals surface area contributed by atoms with Gasteiger partial charge in [-0.3, -0.25) is 4.79 Å².